The van der Waals surface area contributed by atoms with Crippen LogP contribution in [0.5, 0.6) is 0 Å². The Bertz CT molecular complexity index is 1420. The van der Waals surface area contributed by atoms with Crippen molar-refractivity contribution in [1.29, 1.82) is 0 Å². The molecule has 6 nitrogen and oxygen atoms in total. The average molecular weight is 513 g/mol. The van der Waals surface area contributed by atoms with E-state index in [0.29, 0.717) is 5.02 Å². The van der Waals surface area contributed by atoms with Gasteiger partial charge in [0.1, 0.15) is 5.01 Å². The molecule has 2 aromatic heterocycles. The summed E-state index contributed by atoms with van der Waals surface area (Å²) >= 11 is 7.81. The van der Waals surface area contributed by atoms with Gasteiger partial charge in [0, 0.05) is 34.7 Å². The van der Waals surface area contributed by atoms with E-state index in [1.54, 1.807) is 15.6 Å². The van der Waals surface area contributed by atoms with Crippen LogP contribution in [0.4, 0.5) is 0 Å². The van der Waals surface area contributed by atoms with E-state index in [2.05, 4.69) is 44.9 Å². The molecule has 2 aliphatic heterocycles. The van der Waals surface area contributed by atoms with Crippen molar-refractivity contribution >= 4 is 44.0 Å². The topological polar surface area (TPSA) is 68.1 Å². The second kappa shape index (κ2) is 8.45. The van der Waals surface area contributed by atoms with Crippen LogP contribution in [0, 0.1) is 0 Å². The first-order valence-corrected chi connectivity index (χ1v) is 14.6. The largest absolute Gasteiger partial charge is 0.327 e. The molecular formula is C25H25ClN4O2S2. The summed E-state index contributed by atoms with van der Waals surface area (Å²) in [6.45, 7) is 0. The van der Waals surface area contributed by atoms with Crippen LogP contribution < -0.4 is 0 Å². The molecule has 3 unspecified atom stereocenters. The van der Waals surface area contributed by atoms with Crippen molar-refractivity contribution in [3.8, 4) is 0 Å². The molecule has 2 aromatic carbocycles. The predicted octanol–water partition coefficient (Wildman–Crippen LogP) is 5.45. The fraction of sp³-hybridized carbons (Fsp3) is 0.360. The third kappa shape index (κ3) is 3.86. The minimum absolute atomic E-state index is 0.00767. The van der Waals surface area contributed by atoms with E-state index in [1.165, 1.54) is 6.26 Å². The van der Waals surface area contributed by atoms with Crippen LogP contribution in [0.1, 0.15) is 53.8 Å². The Labute approximate surface area is 208 Å². The summed E-state index contributed by atoms with van der Waals surface area (Å²) in [6, 6.07) is 14.8. The number of halogens is 1. The molecule has 0 spiro atoms. The molecule has 2 aliphatic rings. The van der Waals surface area contributed by atoms with Gasteiger partial charge in [-0.2, -0.15) is 4.31 Å². The van der Waals surface area contributed by atoms with Gasteiger partial charge in [0.05, 0.1) is 29.5 Å². The van der Waals surface area contributed by atoms with E-state index in [-0.39, 0.29) is 24.0 Å². The van der Waals surface area contributed by atoms with Gasteiger partial charge in [-0.3, -0.25) is 0 Å². The van der Waals surface area contributed by atoms with Crippen LogP contribution in [0.25, 0.3) is 11.0 Å². The number of nitrogens with zero attached hydrogens (tertiary/aromatic N) is 4. The highest BCUT2D eigenvalue weighted by Crippen LogP contribution is 2.43. The van der Waals surface area contributed by atoms with E-state index >= 15 is 0 Å². The minimum atomic E-state index is -3.18. The van der Waals surface area contributed by atoms with Crippen LogP contribution in [0.3, 0.4) is 0 Å². The summed E-state index contributed by atoms with van der Waals surface area (Å²) in [5.41, 5.74) is 4.34. The fourth-order valence-corrected chi connectivity index (χ4v) is 8.28. The Morgan fingerprint density at radius 1 is 1.00 bits per heavy atom. The van der Waals surface area contributed by atoms with Gasteiger partial charge in [-0.15, -0.1) is 11.3 Å². The standard InChI is InChI=1S/C25H25ClN4O2S2/c1-34(31,32)30-19-7-8-20(30)14-21(13-19)29-15-28-22-9-4-17(12-23(22)29)24(25-27-10-11-33-25)16-2-5-18(26)6-3-16/h2-6,9-12,15,19-21,24H,7-8,13-14H2,1H3. The molecular weight excluding hydrogens is 488 g/mol. The van der Waals surface area contributed by atoms with Crippen LogP contribution in [-0.2, 0) is 10.0 Å². The fourth-order valence-electron chi connectivity index (χ4n) is 5.90. The maximum Gasteiger partial charge on any atom is 0.211 e. The van der Waals surface area contributed by atoms with Crippen molar-refractivity contribution in [2.45, 2.75) is 49.7 Å². The summed E-state index contributed by atoms with van der Waals surface area (Å²) in [7, 11) is -3.18. The van der Waals surface area contributed by atoms with Gasteiger partial charge in [-0.1, -0.05) is 29.8 Å². The van der Waals surface area contributed by atoms with Crippen molar-refractivity contribution in [3.63, 3.8) is 0 Å². The van der Waals surface area contributed by atoms with E-state index in [9.17, 15) is 8.42 Å². The molecule has 0 amide bonds. The first kappa shape index (κ1) is 22.2. The molecule has 34 heavy (non-hydrogen) atoms. The number of thiazole rings is 1. The van der Waals surface area contributed by atoms with Crippen LogP contribution in [-0.4, -0.2) is 45.6 Å². The summed E-state index contributed by atoms with van der Waals surface area (Å²) in [5.74, 6) is 0.00767. The zero-order chi connectivity index (χ0) is 23.4. The summed E-state index contributed by atoms with van der Waals surface area (Å²) in [6.07, 6.45) is 8.64. The first-order chi connectivity index (χ1) is 16.4. The Morgan fingerprint density at radius 3 is 2.35 bits per heavy atom. The Balaban J connectivity index is 1.39. The zero-order valence-electron chi connectivity index (χ0n) is 18.7. The SMILES string of the molecule is CS(=O)(=O)N1C2CCC1CC(n1cnc3ccc(C(c4ccc(Cl)cc4)c4nccs4)cc31)C2. The monoisotopic (exact) mass is 512 g/mol. The number of hydrogen-bond acceptors (Lipinski definition) is 5. The van der Waals surface area contributed by atoms with Gasteiger partial charge in [0.2, 0.25) is 10.0 Å². The molecule has 0 N–H and O–H groups in total. The number of hydrogen-bond donors (Lipinski definition) is 0. The minimum Gasteiger partial charge on any atom is -0.327 e. The van der Waals surface area contributed by atoms with Gasteiger partial charge in [-0.05, 0) is 61.1 Å². The van der Waals surface area contributed by atoms with Crippen molar-refractivity contribution in [2.24, 2.45) is 0 Å². The highest BCUT2D eigenvalue weighted by Gasteiger charge is 2.45. The smallest absolute Gasteiger partial charge is 0.211 e. The Hall–Kier alpha value is -2.26. The summed E-state index contributed by atoms with van der Waals surface area (Å²) < 4.78 is 28.7. The van der Waals surface area contributed by atoms with Gasteiger partial charge in [0.25, 0.3) is 0 Å². The van der Waals surface area contributed by atoms with E-state index in [1.807, 2.05) is 30.0 Å². The molecule has 0 saturated carbocycles. The number of fused-ring (bicyclic) bond motifs is 3. The predicted molar refractivity (Wildman–Crippen MR) is 136 cm³/mol. The maximum absolute atomic E-state index is 12.3. The van der Waals surface area contributed by atoms with Gasteiger partial charge < -0.3 is 4.57 Å². The molecule has 2 fully saturated rings. The number of sulfonamides is 1. The van der Waals surface area contributed by atoms with Crippen molar-refractivity contribution in [1.82, 2.24) is 18.8 Å². The number of imidazole rings is 1. The molecule has 6 rings (SSSR count). The highest BCUT2D eigenvalue weighted by molar-refractivity contribution is 7.88. The molecule has 2 saturated heterocycles. The van der Waals surface area contributed by atoms with E-state index < -0.39 is 10.0 Å². The quantitative estimate of drug-likeness (QED) is 0.356. The van der Waals surface area contributed by atoms with Crippen LogP contribution in [0.15, 0.2) is 60.4 Å². The second-order valence-corrected chi connectivity index (χ2v) is 12.6. The lowest BCUT2D eigenvalue weighted by Crippen LogP contribution is -2.46. The zero-order valence-corrected chi connectivity index (χ0v) is 21.1. The molecule has 176 valence electrons. The molecule has 9 heteroatoms. The molecule has 4 heterocycles. The Morgan fingerprint density at radius 2 is 1.71 bits per heavy atom. The van der Waals surface area contributed by atoms with E-state index in [0.717, 1.165) is 52.9 Å². The van der Waals surface area contributed by atoms with Crippen molar-refractivity contribution in [2.75, 3.05) is 6.26 Å². The van der Waals surface area contributed by atoms with Crippen LogP contribution in [0.2, 0.25) is 5.02 Å². The molecule has 3 atom stereocenters. The van der Waals surface area contributed by atoms with Gasteiger partial charge >= 0.3 is 0 Å². The first-order valence-electron chi connectivity index (χ1n) is 11.5. The van der Waals surface area contributed by atoms with E-state index in [4.69, 9.17) is 11.6 Å². The number of benzene rings is 2. The maximum atomic E-state index is 12.3. The number of rotatable bonds is 5. The number of piperidine rings is 1. The molecule has 0 radical (unpaired) electrons. The van der Waals surface area contributed by atoms with Crippen molar-refractivity contribution < 1.29 is 8.42 Å². The lowest BCUT2D eigenvalue weighted by Gasteiger charge is -2.37. The third-order valence-corrected chi connectivity index (χ3v) is 9.71. The van der Waals surface area contributed by atoms with Gasteiger partial charge in [-0.25, -0.2) is 18.4 Å². The number of aromatic nitrogens is 3. The third-order valence-electron chi connectivity index (χ3n) is 7.25. The lowest BCUT2D eigenvalue weighted by molar-refractivity contribution is 0.196. The van der Waals surface area contributed by atoms with Crippen LogP contribution >= 0.6 is 22.9 Å². The highest BCUT2D eigenvalue weighted by atomic mass is 35.5. The summed E-state index contributed by atoms with van der Waals surface area (Å²) in [5, 5.41) is 3.75. The Kier molecular flexibility index (Phi) is 5.52. The molecule has 0 aliphatic carbocycles. The normalized spacial score (nSPS) is 24.0. The van der Waals surface area contributed by atoms with Crippen molar-refractivity contribution in [3.05, 3.63) is 81.5 Å². The second-order valence-electron chi connectivity index (χ2n) is 9.36. The molecule has 4 aromatic rings. The lowest BCUT2D eigenvalue weighted by atomic mass is 9.91. The average Bonchev–Trinajstić information content (AvgIpc) is 3.53. The van der Waals surface area contributed by atoms with Gasteiger partial charge in [0.15, 0.2) is 0 Å². The summed E-state index contributed by atoms with van der Waals surface area (Å²) in [4.78, 5) is 9.31. The molecule has 2 bridgehead atoms.